The highest BCUT2D eigenvalue weighted by atomic mass is 32.3. The molecule has 0 aliphatic rings. The monoisotopic (exact) mass is 466 g/mol. The van der Waals surface area contributed by atoms with Gasteiger partial charge in [-0.15, -0.1) is 3.89 Å². The zero-order valence-electron chi connectivity index (χ0n) is 16.3. The molecule has 0 aromatic heterocycles. The van der Waals surface area contributed by atoms with Gasteiger partial charge in [-0.1, -0.05) is 30.3 Å². The van der Waals surface area contributed by atoms with Gasteiger partial charge in [-0.3, -0.25) is 29.0 Å². The quantitative estimate of drug-likeness (QED) is 0.271. The Morgan fingerprint density at radius 1 is 0.710 bits per heavy atom. The van der Waals surface area contributed by atoms with Gasteiger partial charge < -0.3 is 20.4 Å². The molecule has 12 nitrogen and oxygen atoms in total. The van der Waals surface area contributed by atoms with Crippen LogP contribution in [0, 0.1) is 0 Å². The van der Waals surface area contributed by atoms with Crippen molar-refractivity contribution in [2.24, 2.45) is 0 Å². The van der Waals surface area contributed by atoms with Crippen molar-refractivity contribution in [2.75, 3.05) is 39.3 Å². The number of hydrogen-bond donors (Lipinski definition) is 4. The summed E-state index contributed by atoms with van der Waals surface area (Å²) in [6, 6.07) is 8.21. The molecule has 0 aliphatic heterocycles. The first-order valence-corrected chi connectivity index (χ1v) is 10.1. The molecule has 1 aromatic carbocycles. The van der Waals surface area contributed by atoms with Crippen LogP contribution >= 0.6 is 0 Å². The predicted molar refractivity (Wildman–Crippen MR) is 104 cm³/mol. The van der Waals surface area contributed by atoms with Crippen molar-refractivity contribution < 1.29 is 51.9 Å². The molecule has 31 heavy (non-hydrogen) atoms. The Morgan fingerprint density at radius 3 is 1.29 bits per heavy atom. The lowest BCUT2D eigenvalue weighted by molar-refractivity contribution is -0.145. The number of rotatable bonds is 13. The zero-order chi connectivity index (χ0) is 24.0. The van der Waals surface area contributed by atoms with E-state index >= 15 is 0 Å². The summed E-state index contributed by atoms with van der Waals surface area (Å²) in [6.07, 6.45) is 0. The van der Waals surface area contributed by atoms with Crippen molar-refractivity contribution in [3.05, 3.63) is 35.9 Å². The Morgan fingerprint density at radius 2 is 1.03 bits per heavy atom. The lowest BCUT2D eigenvalue weighted by atomic mass is 10.2. The van der Waals surface area contributed by atoms with Crippen molar-refractivity contribution in [1.29, 1.82) is 0 Å². The average Bonchev–Trinajstić information content (AvgIpc) is 2.57. The lowest BCUT2D eigenvalue weighted by Crippen LogP contribution is -2.43. The number of aliphatic carboxylic acids is 4. The van der Waals surface area contributed by atoms with E-state index in [1.807, 2.05) is 0 Å². The SMILES string of the molecule is O=C(O)CN(CCN(CC(=O)O)CC(=O)O)CC(=O)O.O=S(=O)(F)Cc1ccccc1. The van der Waals surface area contributed by atoms with Gasteiger partial charge in [0, 0.05) is 13.1 Å². The van der Waals surface area contributed by atoms with E-state index in [1.54, 1.807) is 30.3 Å². The number of halogens is 1. The van der Waals surface area contributed by atoms with Crippen LogP contribution in [0.15, 0.2) is 30.3 Å². The van der Waals surface area contributed by atoms with Crippen molar-refractivity contribution in [2.45, 2.75) is 5.75 Å². The molecule has 1 rings (SSSR count). The molecule has 1 aromatic rings. The highest BCUT2D eigenvalue weighted by Crippen LogP contribution is 2.05. The summed E-state index contributed by atoms with van der Waals surface area (Å²) in [7, 11) is -4.38. The summed E-state index contributed by atoms with van der Waals surface area (Å²) < 4.78 is 32.3. The van der Waals surface area contributed by atoms with Gasteiger partial charge in [0.15, 0.2) is 0 Å². The molecule has 0 fully saturated rings. The van der Waals surface area contributed by atoms with Crippen LogP contribution in [0.3, 0.4) is 0 Å². The number of carbonyl (C=O) groups is 4. The average molecular weight is 466 g/mol. The van der Waals surface area contributed by atoms with Crippen molar-refractivity contribution in [3.63, 3.8) is 0 Å². The molecule has 0 aliphatic carbocycles. The Bertz CT molecular complexity index is 780. The van der Waals surface area contributed by atoms with Crippen molar-refractivity contribution >= 4 is 34.1 Å². The summed E-state index contributed by atoms with van der Waals surface area (Å²) in [5.41, 5.74) is 0.468. The van der Waals surface area contributed by atoms with E-state index in [1.165, 1.54) is 0 Å². The normalized spacial score (nSPS) is 10.9. The molecule has 174 valence electrons. The summed E-state index contributed by atoms with van der Waals surface area (Å²) in [6.45, 7) is -2.25. The maximum atomic E-state index is 12.0. The van der Waals surface area contributed by atoms with E-state index in [9.17, 15) is 31.5 Å². The van der Waals surface area contributed by atoms with Gasteiger partial charge in [-0.2, -0.15) is 8.42 Å². The van der Waals surface area contributed by atoms with Crippen LogP contribution < -0.4 is 0 Å². The van der Waals surface area contributed by atoms with Gasteiger partial charge in [0.1, 0.15) is 5.75 Å². The van der Waals surface area contributed by atoms with E-state index in [0.717, 1.165) is 9.80 Å². The second-order valence-electron chi connectivity index (χ2n) is 6.17. The third kappa shape index (κ3) is 17.5. The second-order valence-corrected chi connectivity index (χ2v) is 7.53. The third-order valence-electron chi connectivity index (χ3n) is 3.35. The molecule has 0 spiro atoms. The molecule has 0 atom stereocenters. The number of carboxylic acids is 4. The summed E-state index contributed by atoms with van der Waals surface area (Å²) in [5.74, 6) is -5.44. The van der Waals surface area contributed by atoms with E-state index in [-0.39, 0.29) is 13.1 Å². The first-order chi connectivity index (χ1) is 14.3. The van der Waals surface area contributed by atoms with Crippen LogP contribution in [0.5, 0.6) is 0 Å². The Kier molecular flexibility index (Phi) is 12.6. The Balaban J connectivity index is 0.000000683. The standard InChI is InChI=1S/C10H16N2O8.C7H7FO2S/c13-7(14)3-11(4-8(15)16)1-2-12(5-9(17)18)6-10(19)20;8-11(9,10)6-7-4-2-1-3-5-7/h1-6H2,(H,13,14)(H,15,16)(H,17,18)(H,19,20);1-5H,6H2. The molecule has 0 heterocycles. The number of nitrogens with zero attached hydrogens (tertiary/aromatic N) is 2. The molecule has 0 saturated carbocycles. The zero-order valence-corrected chi connectivity index (χ0v) is 17.1. The van der Waals surface area contributed by atoms with Crippen LogP contribution in [0.4, 0.5) is 3.89 Å². The van der Waals surface area contributed by atoms with Crippen LogP contribution in [-0.2, 0) is 35.2 Å². The van der Waals surface area contributed by atoms with Gasteiger partial charge in [-0.25, -0.2) is 0 Å². The van der Waals surface area contributed by atoms with E-state index in [2.05, 4.69) is 0 Å². The molecular weight excluding hydrogens is 443 g/mol. The van der Waals surface area contributed by atoms with Crippen molar-refractivity contribution in [3.8, 4) is 0 Å². The Labute approximate surface area is 177 Å². The molecule has 14 heteroatoms. The molecular formula is C17H23FN2O10S. The minimum atomic E-state index is -4.38. The van der Waals surface area contributed by atoms with Crippen molar-refractivity contribution in [1.82, 2.24) is 9.80 Å². The smallest absolute Gasteiger partial charge is 0.317 e. The number of benzene rings is 1. The Hall–Kier alpha value is -3.10. The van der Waals surface area contributed by atoms with Crippen LogP contribution in [0.25, 0.3) is 0 Å². The fourth-order valence-corrected chi connectivity index (χ4v) is 2.84. The topological polar surface area (TPSA) is 190 Å². The van der Waals surface area contributed by atoms with Gasteiger partial charge in [-0.05, 0) is 5.56 Å². The number of hydrogen-bond acceptors (Lipinski definition) is 8. The molecule has 4 N–H and O–H groups in total. The van der Waals surface area contributed by atoms with Gasteiger partial charge in [0.25, 0.3) is 0 Å². The highest BCUT2D eigenvalue weighted by Gasteiger charge is 2.18. The maximum absolute atomic E-state index is 12.0. The maximum Gasteiger partial charge on any atom is 0.317 e. The van der Waals surface area contributed by atoms with E-state index in [4.69, 9.17) is 20.4 Å². The fraction of sp³-hybridized carbons (Fsp3) is 0.412. The molecule has 0 saturated heterocycles. The molecule has 0 bridgehead atoms. The molecule has 0 unspecified atom stereocenters. The summed E-state index contributed by atoms with van der Waals surface area (Å²) in [5, 5.41) is 34.5. The minimum Gasteiger partial charge on any atom is -0.480 e. The van der Waals surface area contributed by atoms with Crippen LogP contribution in [0.1, 0.15) is 5.56 Å². The summed E-state index contributed by atoms with van der Waals surface area (Å²) in [4.78, 5) is 44.4. The number of carboxylic acid groups (broad SMARTS) is 4. The molecule has 0 amide bonds. The van der Waals surface area contributed by atoms with Gasteiger partial charge in [0.05, 0.1) is 26.2 Å². The van der Waals surface area contributed by atoms with E-state index in [0.29, 0.717) is 5.56 Å². The van der Waals surface area contributed by atoms with E-state index < -0.39 is 66.0 Å². The first kappa shape index (κ1) is 27.9. The van der Waals surface area contributed by atoms with Crippen LogP contribution in [-0.4, -0.2) is 102 Å². The minimum absolute atomic E-state index is 0.0703. The first-order valence-electron chi connectivity index (χ1n) is 8.56. The summed E-state index contributed by atoms with van der Waals surface area (Å²) >= 11 is 0. The predicted octanol–water partition coefficient (Wildman–Crippen LogP) is -0.585. The lowest BCUT2D eigenvalue weighted by Gasteiger charge is -2.23. The second kappa shape index (κ2) is 14.0. The van der Waals surface area contributed by atoms with Crippen LogP contribution in [0.2, 0.25) is 0 Å². The molecule has 0 radical (unpaired) electrons. The van der Waals surface area contributed by atoms with Gasteiger partial charge in [0.2, 0.25) is 0 Å². The largest absolute Gasteiger partial charge is 0.480 e. The third-order valence-corrected chi connectivity index (χ3v) is 4.03. The fourth-order valence-electron chi connectivity index (χ4n) is 2.25. The highest BCUT2D eigenvalue weighted by molar-refractivity contribution is 7.85. The van der Waals surface area contributed by atoms with Gasteiger partial charge >= 0.3 is 34.1 Å².